The maximum atomic E-state index is 12.4. The lowest BCUT2D eigenvalue weighted by Gasteiger charge is -2.35. The van der Waals surface area contributed by atoms with Crippen LogP contribution in [0.3, 0.4) is 0 Å². The third-order valence-corrected chi connectivity index (χ3v) is 3.79. The summed E-state index contributed by atoms with van der Waals surface area (Å²) >= 11 is 0. The molecule has 0 N–H and O–H groups in total. The molecule has 0 radical (unpaired) electrons. The average Bonchev–Trinajstić information content (AvgIpc) is 2.56. The number of rotatable bonds is 5. The molecule has 7 nitrogen and oxygen atoms in total. The van der Waals surface area contributed by atoms with Gasteiger partial charge in [0.25, 0.3) is 11.8 Å². The van der Waals surface area contributed by atoms with Crippen molar-refractivity contribution in [3.05, 3.63) is 12.4 Å². The largest absolute Gasteiger partial charge is 0.477 e. The van der Waals surface area contributed by atoms with E-state index in [0.717, 1.165) is 32.5 Å². The van der Waals surface area contributed by atoms with Crippen LogP contribution >= 0.6 is 0 Å². The Morgan fingerprint density at radius 1 is 1.32 bits per heavy atom. The summed E-state index contributed by atoms with van der Waals surface area (Å²) in [6, 6.07) is 0.0735. The Kier molecular flexibility index (Phi) is 5.80. The standard InChI is InChI=1S/C15H24N4O3/c1-4-18(5-2)15(20)19-10-6-7-12(11-19)22-14-13(21-3)16-8-9-17-14/h8-9,12H,4-7,10-11H2,1-3H3. The molecule has 1 aliphatic heterocycles. The zero-order chi connectivity index (χ0) is 15.9. The molecule has 2 amide bonds. The fourth-order valence-corrected chi connectivity index (χ4v) is 2.59. The predicted octanol–water partition coefficient (Wildman–Crippen LogP) is 1.79. The number of aromatic nitrogens is 2. The molecule has 1 saturated heterocycles. The highest BCUT2D eigenvalue weighted by molar-refractivity contribution is 5.74. The summed E-state index contributed by atoms with van der Waals surface area (Å²) in [5, 5.41) is 0. The molecular formula is C15H24N4O3. The first-order valence-corrected chi connectivity index (χ1v) is 7.75. The topological polar surface area (TPSA) is 67.8 Å². The molecule has 0 saturated carbocycles. The van der Waals surface area contributed by atoms with E-state index in [0.29, 0.717) is 18.3 Å². The number of ether oxygens (including phenoxy) is 2. The maximum Gasteiger partial charge on any atom is 0.320 e. The molecule has 1 aromatic heterocycles. The van der Waals surface area contributed by atoms with Crippen molar-refractivity contribution >= 4 is 6.03 Å². The summed E-state index contributed by atoms with van der Waals surface area (Å²) in [7, 11) is 1.54. The number of carbonyl (C=O) groups excluding carboxylic acids is 1. The Morgan fingerprint density at radius 3 is 2.64 bits per heavy atom. The number of hydrogen-bond acceptors (Lipinski definition) is 5. The molecule has 1 atom stereocenters. The van der Waals surface area contributed by atoms with Gasteiger partial charge in [-0.25, -0.2) is 14.8 Å². The van der Waals surface area contributed by atoms with Crippen LogP contribution in [-0.2, 0) is 0 Å². The monoisotopic (exact) mass is 308 g/mol. The Balaban J connectivity index is 2.00. The SMILES string of the molecule is CCN(CC)C(=O)N1CCCC(Oc2nccnc2OC)C1. The molecule has 0 aromatic carbocycles. The van der Waals surface area contributed by atoms with Gasteiger partial charge in [-0.3, -0.25) is 0 Å². The highest BCUT2D eigenvalue weighted by Gasteiger charge is 2.28. The molecule has 0 aliphatic carbocycles. The lowest BCUT2D eigenvalue weighted by Crippen LogP contribution is -2.50. The smallest absolute Gasteiger partial charge is 0.320 e. The van der Waals surface area contributed by atoms with E-state index in [2.05, 4.69) is 9.97 Å². The van der Waals surface area contributed by atoms with Gasteiger partial charge in [0.05, 0.1) is 13.7 Å². The number of methoxy groups -OCH3 is 1. The zero-order valence-corrected chi connectivity index (χ0v) is 13.5. The number of carbonyl (C=O) groups is 1. The minimum absolute atomic E-state index is 0.0735. The van der Waals surface area contributed by atoms with E-state index in [1.165, 1.54) is 7.11 Å². The minimum atomic E-state index is -0.0844. The van der Waals surface area contributed by atoms with Crippen molar-refractivity contribution in [3.63, 3.8) is 0 Å². The molecule has 1 aliphatic rings. The molecule has 22 heavy (non-hydrogen) atoms. The number of hydrogen-bond donors (Lipinski definition) is 0. The van der Waals surface area contributed by atoms with E-state index < -0.39 is 0 Å². The molecule has 122 valence electrons. The number of nitrogens with zero attached hydrogens (tertiary/aromatic N) is 4. The summed E-state index contributed by atoms with van der Waals surface area (Å²) < 4.78 is 11.0. The summed E-state index contributed by atoms with van der Waals surface area (Å²) in [5.41, 5.74) is 0. The van der Waals surface area contributed by atoms with Gasteiger partial charge in [0.15, 0.2) is 0 Å². The fraction of sp³-hybridized carbons (Fsp3) is 0.667. The van der Waals surface area contributed by atoms with Crippen molar-refractivity contribution in [2.24, 2.45) is 0 Å². The molecule has 0 bridgehead atoms. The van der Waals surface area contributed by atoms with Gasteiger partial charge < -0.3 is 19.3 Å². The van der Waals surface area contributed by atoms with Crippen molar-refractivity contribution in [1.82, 2.24) is 19.8 Å². The molecule has 2 heterocycles. The quantitative estimate of drug-likeness (QED) is 0.829. The molecule has 2 rings (SSSR count). The maximum absolute atomic E-state index is 12.4. The van der Waals surface area contributed by atoms with Gasteiger partial charge in [-0.1, -0.05) is 0 Å². The van der Waals surface area contributed by atoms with Crippen molar-refractivity contribution in [2.75, 3.05) is 33.3 Å². The van der Waals surface area contributed by atoms with Crippen LogP contribution in [0.25, 0.3) is 0 Å². The third kappa shape index (κ3) is 3.78. The lowest BCUT2D eigenvalue weighted by molar-refractivity contribution is 0.0811. The molecule has 1 aromatic rings. The van der Waals surface area contributed by atoms with Crippen molar-refractivity contribution < 1.29 is 14.3 Å². The number of piperidine rings is 1. The van der Waals surface area contributed by atoms with Crippen LogP contribution < -0.4 is 9.47 Å². The second kappa shape index (κ2) is 7.82. The van der Waals surface area contributed by atoms with Crippen molar-refractivity contribution in [2.45, 2.75) is 32.8 Å². The summed E-state index contributed by atoms with van der Waals surface area (Å²) in [4.78, 5) is 24.3. The van der Waals surface area contributed by atoms with Gasteiger partial charge in [-0.15, -0.1) is 0 Å². The van der Waals surface area contributed by atoms with E-state index in [1.54, 1.807) is 12.4 Å². The number of likely N-dealkylation sites (tertiary alicyclic amines) is 1. The minimum Gasteiger partial charge on any atom is -0.477 e. The van der Waals surface area contributed by atoms with Gasteiger partial charge in [-0.2, -0.15) is 0 Å². The van der Waals surface area contributed by atoms with Crippen LogP contribution in [-0.4, -0.2) is 65.2 Å². The summed E-state index contributed by atoms with van der Waals surface area (Å²) in [6.45, 7) is 6.75. The lowest BCUT2D eigenvalue weighted by atomic mass is 10.1. The van der Waals surface area contributed by atoms with Crippen LogP contribution in [0, 0.1) is 0 Å². The summed E-state index contributed by atoms with van der Waals surface area (Å²) in [5.74, 6) is 0.752. The number of amides is 2. The molecular weight excluding hydrogens is 284 g/mol. The Morgan fingerprint density at radius 2 is 2.00 bits per heavy atom. The molecule has 1 unspecified atom stereocenters. The Labute approximate surface area is 131 Å². The predicted molar refractivity (Wildman–Crippen MR) is 82.1 cm³/mol. The summed E-state index contributed by atoms with van der Waals surface area (Å²) in [6.07, 6.45) is 4.85. The van der Waals surface area contributed by atoms with Gasteiger partial charge in [-0.05, 0) is 26.7 Å². The second-order valence-corrected chi connectivity index (χ2v) is 5.15. The van der Waals surface area contributed by atoms with E-state index in [-0.39, 0.29) is 12.1 Å². The van der Waals surface area contributed by atoms with Gasteiger partial charge >= 0.3 is 6.03 Å². The normalized spacial score (nSPS) is 18.0. The molecule has 1 fully saturated rings. The van der Waals surface area contributed by atoms with Crippen LogP contribution in [0.5, 0.6) is 11.8 Å². The Hall–Kier alpha value is -2.05. The highest BCUT2D eigenvalue weighted by atomic mass is 16.5. The van der Waals surface area contributed by atoms with Crippen molar-refractivity contribution in [1.29, 1.82) is 0 Å². The van der Waals surface area contributed by atoms with Crippen LogP contribution in [0.15, 0.2) is 12.4 Å². The van der Waals surface area contributed by atoms with E-state index in [1.807, 2.05) is 23.6 Å². The zero-order valence-electron chi connectivity index (χ0n) is 13.5. The van der Waals surface area contributed by atoms with Gasteiger partial charge in [0.2, 0.25) is 0 Å². The fourth-order valence-electron chi connectivity index (χ4n) is 2.59. The number of urea groups is 1. The first kappa shape index (κ1) is 16.3. The van der Waals surface area contributed by atoms with E-state index >= 15 is 0 Å². The second-order valence-electron chi connectivity index (χ2n) is 5.15. The third-order valence-electron chi connectivity index (χ3n) is 3.79. The highest BCUT2D eigenvalue weighted by Crippen LogP contribution is 2.24. The average molecular weight is 308 g/mol. The first-order valence-electron chi connectivity index (χ1n) is 7.75. The van der Waals surface area contributed by atoms with E-state index in [9.17, 15) is 4.79 Å². The molecule has 0 spiro atoms. The van der Waals surface area contributed by atoms with Gasteiger partial charge in [0.1, 0.15) is 6.10 Å². The van der Waals surface area contributed by atoms with E-state index in [4.69, 9.17) is 9.47 Å². The van der Waals surface area contributed by atoms with Crippen LogP contribution in [0.2, 0.25) is 0 Å². The first-order chi connectivity index (χ1) is 10.7. The molecule has 7 heteroatoms. The van der Waals surface area contributed by atoms with Crippen LogP contribution in [0.1, 0.15) is 26.7 Å². The van der Waals surface area contributed by atoms with Gasteiger partial charge in [0, 0.05) is 32.0 Å². The van der Waals surface area contributed by atoms with Crippen molar-refractivity contribution in [3.8, 4) is 11.8 Å². The van der Waals surface area contributed by atoms with Crippen LogP contribution in [0.4, 0.5) is 4.79 Å². The Bertz CT molecular complexity index is 493.